The molecule has 2 aliphatic rings. The van der Waals surface area contributed by atoms with E-state index in [2.05, 4.69) is 5.32 Å². The topological polar surface area (TPSA) is 77.0 Å². The maximum atomic E-state index is 11.5. The Bertz CT molecular complexity index is 997. The van der Waals surface area contributed by atoms with Crippen LogP contribution in [0.15, 0.2) is 42.5 Å². The highest BCUT2D eigenvalue weighted by atomic mass is 35.5. The zero-order chi connectivity index (χ0) is 22.6. The Morgan fingerprint density at radius 1 is 1.10 bits per heavy atom. The fourth-order valence-corrected chi connectivity index (χ4v) is 4.55. The third kappa shape index (κ3) is 3.58. The SMILES string of the molecule is CC(NC(=O)O)[C@@]1(c2ccccc2)Cc2c(ccc(Cl)c2B2OC(C)(C)C(C)(C)O2)O1. The third-order valence-corrected chi connectivity index (χ3v) is 7.11. The van der Waals surface area contributed by atoms with Crippen molar-refractivity contribution in [1.82, 2.24) is 5.32 Å². The summed E-state index contributed by atoms with van der Waals surface area (Å²) in [5.41, 5.74) is 0.524. The van der Waals surface area contributed by atoms with E-state index in [1.54, 1.807) is 6.07 Å². The van der Waals surface area contributed by atoms with Gasteiger partial charge in [-0.15, -0.1) is 0 Å². The predicted octanol–water partition coefficient (Wildman–Crippen LogP) is 4.13. The molecule has 0 bridgehead atoms. The van der Waals surface area contributed by atoms with E-state index in [1.807, 2.05) is 71.0 Å². The summed E-state index contributed by atoms with van der Waals surface area (Å²) in [7, 11) is -0.648. The molecule has 2 heterocycles. The van der Waals surface area contributed by atoms with E-state index in [0.29, 0.717) is 17.2 Å². The van der Waals surface area contributed by atoms with Gasteiger partial charge in [-0.25, -0.2) is 4.79 Å². The first kappa shape index (κ1) is 22.0. The molecule has 1 unspecified atom stereocenters. The van der Waals surface area contributed by atoms with Gasteiger partial charge in [0.1, 0.15) is 5.75 Å². The maximum absolute atomic E-state index is 11.5. The lowest BCUT2D eigenvalue weighted by atomic mass is 9.72. The van der Waals surface area contributed by atoms with Crippen molar-refractivity contribution >= 4 is 30.3 Å². The van der Waals surface area contributed by atoms with E-state index in [4.69, 9.17) is 25.6 Å². The van der Waals surface area contributed by atoms with E-state index in [0.717, 1.165) is 16.6 Å². The van der Waals surface area contributed by atoms with E-state index in [9.17, 15) is 9.90 Å². The zero-order valence-electron chi connectivity index (χ0n) is 18.4. The molecule has 164 valence electrons. The van der Waals surface area contributed by atoms with Crippen LogP contribution in [0.2, 0.25) is 5.02 Å². The number of amides is 1. The van der Waals surface area contributed by atoms with Crippen molar-refractivity contribution in [2.24, 2.45) is 0 Å². The van der Waals surface area contributed by atoms with Crippen LogP contribution in [0.3, 0.4) is 0 Å². The van der Waals surface area contributed by atoms with Crippen LogP contribution in [0.25, 0.3) is 0 Å². The number of fused-ring (bicyclic) bond motifs is 1. The number of benzene rings is 2. The van der Waals surface area contributed by atoms with E-state index >= 15 is 0 Å². The molecule has 1 fully saturated rings. The van der Waals surface area contributed by atoms with Crippen molar-refractivity contribution in [1.29, 1.82) is 0 Å². The van der Waals surface area contributed by atoms with Crippen LogP contribution in [0.1, 0.15) is 45.7 Å². The molecule has 2 atom stereocenters. The van der Waals surface area contributed by atoms with Gasteiger partial charge in [-0.3, -0.25) is 0 Å². The molecule has 31 heavy (non-hydrogen) atoms. The van der Waals surface area contributed by atoms with Gasteiger partial charge in [-0.05, 0) is 57.9 Å². The molecule has 2 N–H and O–H groups in total. The second-order valence-corrected chi connectivity index (χ2v) is 9.64. The minimum Gasteiger partial charge on any atom is -0.480 e. The van der Waals surface area contributed by atoms with Crippen LogP contribution in [0.4, 0.5) is 4.79 Å². The number of nitrogens with one attached hydrogen (secondary N) is 1. The first-order chi connectivity index (χ1) is 14.5. The molecule has 0 radical (unpaired) electrons. The molecule has 4 rings (SSSR count). The summed E-state index contributed by atoms with van der Waals surface area (Å²) in [5, 5.41) is 12.5. The molecular formula is C23H27BClNO5. The van der Waals surface area contributed by atoms with Crippen LogP contribution in [-0.2, 0) is 21.3 Å². The fraction of sp³-hybridized carbons (Fsp3) is 0.435. The molecule has 0 aromatic heterocycles. The van der Waals surface area contributed by atoms with Gasteiger partial charge in [0.15, 0.2) is 5.60 Å². The van der Waals surface area contributed by atoms with Gasteiger partial charge in [0.05, 0.1) is 17.2 Å². The summed E-state index contributed by atoms with van der Waals surface area (Å²) < 4.78 is 19.1. The van der Waals surface area contributed by atoms with Gasteiger partial charge in [0.2, 0.25) is 0 Å². The van der Waals surface area contributed by atoms with Crippen LogP contribution in [0.5, 0.6) is 5.75 Å². The minimum absolute atomic E-state index is 0.424. The molecule has 2 aromatic carbocycles. The molecule has 0 spiro atoms. The minimum atomic E-state index is -1.11. The summed E-state index contributed by atoms with van der Waals surface area (Å²) in [5.74, 6) is 0.650. The largest absolute Gasteiger partial charge is 0.496 e. The normalized spacial score (nSPS) is 24.4. The standard InChI is InChI=1S/C23H27BClNO5/c1-14(26-20(27)28)23(15-9-7-6-8-10-15)13-16-18(29-23)12-11-17(25)19(16)24-30-21(2,3)22(4,5)31-24/h6-12,14,26H,13H2,1-5H3,(H,27,28)/t14?,23-/m1/s1. The first-order valence-corrected chi connectivity index (χ1v) is 10.8. The average Bonchev–Trinajstić information content (AvgIpc) is 3.17. The monoisotopic (exact) mass is 443 g/mol. The Balaban J connectivity index is 1.80. The number of hydrogen-bond acceptors (Lipinski definition) is 4. The van der Waals surface area contributed by atoms with Crippen molar-refractivity contribution in [2.75, 3.05) is 0 Å². The molecular weight excluding hydrogens is 417 g/mol. The van der Waals surface area contributed by atoms with E-state index in [-0.39, 0.29) is 0 Å². The zero-order valence-corrected chi connectivity index (χ0v) is 19.1. The lowest BCUT2D eigenvalue weighted by Gasteiger charge is -2.35. The van der Waals surface area contributed by atoms with Crippen molar-refractivity contribution < 1.29 is 23.9 Å². The van der Waals surface area contributed by atoms with Gasteiger partial charge in [-0.1, -0.05) is 41.9 Å². The number of rotatable bonds is 4. The highest BCUT2D eigenvalue weighted by Crippen LogP contribution is 2.45. The van der Waals surface area contributed by atoms with E-state index in [1.165, 1.54) is 0 Å². The highest BCUT2D eigenvalue weighted by molar-refractivity contribution is 6.66. The number of ether oxygens (including phenoxy) is 1. The molecule has 0 saturated carbocycles. The Labute approximate surface area is 188 Å². The Morgan fingerprint density at radius 3 is 2.29 bits per heavy atom. The summed E-state index contributed by atoms with van der Waals surface area (Å²) in [6.45, 7) is 9.78. The van der Waals surface area contributed by atoms with Gasteiger partial charge >= 0.3 is 13.2 Å². The van der Waals surface area contributed by atoms with Crippen LogP contribution in [0, 0.1) is 0 Å². The second-order valence-electron chi connectivity index (χ2n) is 9.23. The second kappa shape index (κ2) is 7.43. The van der Waals surface area contributed by atoms with Gasteiger partial charge in [-0.2, -0.15) is 0 Å². The van der Waals surface area contributed by atoms with Crippen LogP contribution < -0.4 is 15.5 Å². The number of halogens is 1. The molecule has 6 nitrogen and oxygen atoms in total. The first-order valence-electron chi connectivity index (χ1n) is 10.4. The number of hydrogen-bond donors (Lipinski definition) is 2. The Morgan fingerprint density at radius 2 is 1.71 bits per heavy atom. The number of carboxylic acid groups (broad SMARTS) is 1. The van der Waals surface area contributed by atoms with Gasteiger partial charge in [0, 0.05) is 16.9 Å². The molecule has 0 aliphatic carbocycles. The van der Waals surface area contributed by atoms with Crippen LogP contribution in [-0.4, -0.2) is 35.6 Å². The van der Waals surface area contributed by atoms with Gasteiger partial charge in [0.25, 0.3) is 0 Å². The van der Waals surface area contributed by atoms with Crippen molar-refractivity contribution in [2.45, 2.75) is 63.9 Å². The lowest BCUT2D eigenvalue weighted by molar-refractivity contribution is 0.00578. The molecule has 2 aromatic rings. The third-order valence-electron chi connectivity index (χ3n) is 6.78. The average molecular weight is 444 g/mol. The number of carbonyl (C=O) groups is 1. The van der Waals surface area contributed by atoms with Crippen molar-refractivity contribution in [3.63, 3.8) is 0 Å². The molecule has 2 aliphatic heterocycles. The van der Waals surface area contributed by atoms with Crippen LogP contribution >= 0.6 is 11.6 Å². The molecule has 1 saturated heterocycles. The van der Waals surface area contributed by atoms with Gasteiger partial charge < -0.3 is 24.5 Å². The van der Waals surface area contributed by atoms with Crippen molar-refractivity contribution in [3.8, 4) is 5.75 Å². The lowest BCUT2D eigenvalue weighted by Crippen LogP contribution is -2.52. The fourth-order valence-electron chi connectivity index (χ4n) is 4.28. The molecule has 8 heteroatoms. The molecule has 1 amide bonds. The summed E-state index contributed by atoms with van der Waals surface area (Å²) in [6.07, 6.45) is -0.681. The highest BCUT2D eigenvalue weighted by Gasteiger charge is 2.55. The maximum Gasteiger partial charge on any atom is 0.496 e. The Hall–Kier alpha value is -2.22. The summed E-state index contributed by atoms with van der Waals surface area (Å²) in [4.78, 5) is 11.5. The van der Waals surface area contributed by atoms with Crippen molar-refractivity contribution in [3.05, 3.63) is 58.6 Å². The Kier molecular flexibility index (Phi) is 5.27. The summed E-state index contributed by atoms with van der Waals surface area (Å²) >= 11 is 6.65. The predicted molar refractivity (Wildman–Crippen MR) is 120 cm³/mol. The quantitative estimate of drug-likeness (QED) is 0.695. The summed E-state index contributed by atoms with van der Waals surface area (Å²) in [6, 6.07) is 12.7. The van der Waals surface area contributed by atoms with E-state index < -0.39 is 36.1 Å². The smallest absolute Gasteiger partial charge is 0.480 e.